The quantitative estimate of drug-likeness (QED) is 0.283. The first-order valence-electron chi connectivity index (χ1n) is 8.07. The van der Waals surface area contributed by atoms with Crippen LogP contribution in [0.4, 0.5) is 0 Å². The summed E-state index contributed by atoms with van der Waals surface area (Å²) in [6, 6.07) is 0. The van der Waals surface area contributed by atoms with E-state index in [-0.39, 0.29) is 35.8 Å². The lowest BCUT2D eigenvalue weighted by molar-refractivity contribution is 0.0782. The van der Waals surface area contributed by atoms with Gasteiger partial charge in [0, 0.05) is 32.8 Å². The van der Waals surface area contributed by atoms with Crippen molar-refractivity contribution < 1.29 is 13.2 Å². The van der Waals surface area contributed by atoms with Crippen molar-refractivity contribution in [2.24, 2.45) is 4.99 Å². The number of nitrogens with one attached hydrogen (secondary N) is 1. The fourth-order valence-corrected chi connectivity index (χ4v) is 3.68. The van der Waals surface area contributed by atoms with Gasteiger partial charge in [0.15, 0.2) is 15.8 Å². The van der Waals surface area contributed by atoms with Gasteiger partial charge < -0.3 is 15.0 Å². The number of aliphatic imine (C=N–C) groups is 1. The lowest BCUT2D eigenvalue weighted by atomic mass is 10.2. The molecule has 0 amide bonds. The third kappa shape index (κ3) is 7.13. The van der Waals surface area contributed by atoms with Crippen molar-refractivity contribution in [3.05, 3.63) is 0 Å². The number of ether oxygens (including phenoxy) is 1. The summed E-state index contributed by atoms with van der Waals surface area (Å²) in [4.78, 5) is 6.65. The van der Waals surface area contributed by atoms with Crippen molar-refractivity contribution >= 4 is 39.8 Å². The van der Waals surface area contributed by atoms with Crippen LogP contribution in [0.5, 0.6) is 0 Å². The van der Waals surface area contributed by atoms with Crippen molar-refractivity contribution in [2.75, 3.05) is 38.5 Å². The van der Waals surface area contributed by atoms with Crippen LogP contribution in [0.3, 0.4) is 0 Å². The largest absolute Gasteiger partial charge is 0.379 e. The Bertz CT molecular complexity index is 478. The second kappa shape index (κ2) is 10.0. The first-order valence-corrected chi connectivity index (χ1v) is 9.72. The number of rotatable bonds is 6. The van der Waals surface area contributed by atoms with Crippen molar-refractivity contribution in [1.29, 1.82) is 0 Å². The minimum atomic E-state index is -3.03. The van der Waals surface area contributed by atoms with Crippen LogP contribution in [0.1, 0.15) is 41.0 Å². The maximum Gasteiger partial charge on any atom is 0.193 e. The van der Waals surface area contributed by atoms with Gasteiger partial charge in [0.2, 0.25) is 0 Å². The summed E-state index contributed by atoms with van der Waals surface area (Å²) >= 11 is 0. The van der Waals surface area contributed by atoms with Crippen LogP contribution < -0.4 is 5.32 Å². The van der Waals surface area contributed by atoms with E-state index in [1.807, 2.05) is 25.7 Å². The first kappa shape index (κ1) is 22.9. The Kier molecular flexibility index (Phi) is 9.99. The molecule has 0 spiro atoms. The van der Waals surface area contributed by atoms with Crippen LogP contribution in [-0.4, -0.2) is 68.7 Å². The SMILES string of the molecule is CCNC(=NCCCOC(C)C)N1CCS(=O)(=O)C(C)(C)C1.I. The highest BCUT2D eigenvalue weighted by atomic mass is 127. The van der Waals surface area contributed by atoms with Gasteiger partial charge in [-0.2, -0.15) is 0 Å². The van der Waals surface area contributed by atoms with Crippen molar-refractivity contribution in [3.63, 3.8) is 0 Å². The molecule has 1 rings (SSSR count). The zero-order chi connectivity index (χ0) is 16.8. The molecule has 1 aliphatic rings. The molecule has 1 heterocycles. The molecule has 0 aliphatic carbocycles. The van der Waals surface area contributed by atoms with E-state index in [9.17, 15) is 8.42 Å². The summed E-state index contributed by atoms with van der Waals surface area (Å²) < 4.78 is 29.0. The molecule has 0 atom stereocenters. The number of hydrogen-bond donors (Lipinski definition) is 1. The molecule has 0 aromatic rings. The third-order valence-electron chi connectivity index (χ3n) is 3.69. The summed E-state index contributed by atoms with van der Waals surface area (Å²) in [6.07, 6.45) is 1.10. The average molecular weight is 461 g/mol. The minimum Gasteiger partial charge on any atom is -0.379 e. The Morgan fingerprint density at radius 2 is 2.04 bits per heavy atom. The predicted molar refractivity (Wildman–Crippen MR) is 107 cm³/mol. The van der Waals surface area contributed by atoms with Gasteiger partial charge in [0.05, 0.1) is 16.6 Å². The fourth-order valence-electron chi connectivity index (χ4n) is 2.32. The van der Waals surface area contributed by atoms with Crippen LogP contribution in [0.25, 0.3) is 0 Å². The monoisotopic (exact) mass is 461 g/mol. The molecular formula is C15H32IN3O3S. The highest BCUT2D eigenvalue weighted by molar-refractivity contribution is 14.0. The van der Waals surface area contributed by atoms with E-state index in [4.69, 9.17) is 4.74 Å². The summed E-state index contributed by atoms with van der Waals surface area (Å²) in [5.74, 6) is 0.982. The molecule has 0 aromatic heterocycles. The van der Waals surface area contributed by atoms with Gasteiger partial charge in [-0.1, -0.05) is 0 Å². The minimum absolute atomic E-state index is 0. The zero-order valence-corrected chi connectivity index (χ0v) is 18.1. The molecule has 0 radical (unpaired) electrons. The Labute approximate surface area is 158 Å². The van der Waals surface area contributed by atoms with E-state index in [0.717, 1.165) is 18.9 Å². The summed E-state index contributed by atoms with van der Waals surface area (Å²) in [5.41, 5.74) is 0. The average Bonchev–Trinajstić information content (AvgIpc) is 2.40. The number of hydrogen-bond acceptors (Lipinski definition) is 4. The highest BCUT2D eigenvalue weighted by Gasteiger charge is 2.40. The smallest absolute Gasteiger partial charge is 0.193 e. The van der Waals surface area contributed by atoms with E-state index in [2.05, 4.69) is 10.3 Å². The molecular weight excluding hydrogens is 429 g/mol. The van der Waals surface area contributed by atoms with Gasteiger partial charge in [-0.15, -0.1) is 24.0 Å². The topological polar surface area (TPSA) is 71.0 Å². The molecule has 1 aliphatic heterocycles. The predicted octanol–water partition coefficient (Wildman–Crippen LogP) is 1.89. The molecule has 0 aromatic carbocycles. The molecule has 0 bridgehead atoms. The summed E-state index contributed by atoms with van der Waals surface area (Å²) in [6.45, 7) is 12.7. The van der Waals surface area contributed by atoms with Crippen LogP contribution in [-0.2, 0) is 14.6 Å². The second-order valence-corrected chi connectivity index (χ2v) is 9.25. The third-order valence-corrected chi connectivity index (χ3v) is 6.23. The molecule has 0 unspecified atom stereocenters. The Morgan fingerprint density at radius 3 is 2.57 bits per heavy atom. The number of sulfone groups is 1. The molecule has 8 heteroatoms. The Morgan fingerprint density at radius 1 is 1.39 bits per heavy atom. The standard InChI is InChI=1S/C15H31N3O3S.HI/c1-6-16-14(17-8-7-10-21-13(2)3)18-9-11-22(19,20)15(4,5)12-18;/h13H,6-12H2,1-5H3,(H,16,17);1H. The van der Waals surface area contributed by atoms with E-state index < -0.39 is 14.6 Å². The maximum atomic E-state index is 12.1. The second-order valence-electron chi connectivity index (χ2n) is 6.51. The molecule has 1 saturated heterocycles. The van der Waals surface area contributed by atoms with Gasteiger partial charge in [-0.25, -0.2) is 8.42 Å². The zero-order valence-electron chi connectivity index (χ0n) is 15.0. The Hall–Kier alpha value is -0.0900. The molecule has 0 saturated carbocycles. The van der Waals surface area contributed by atoms with Crippen molar-refractivity contribution in [1.82, 2.24) is 10.2 Å². The van der Waals surface area contributed by atoms with Gasteiger partial charge in [0.25, 0.3) is 0 Å². The van der Waals surface area contributed by atoms with Gasteiger partial charge in [0.1, 0.15) is 0 Å². The maximum absolute atomic E-state index is 12.1. The van der Waals surface area contributed by atoms with Crippen LogP contribution in [0.2, 0.25) is 0 Å². The van der Waals surface area contributed by atoms with Crippen molar-refractivity contribution in [2.45, 2.75) is 51.9 Å². The van der Waals surface area contributed by atoms with E-state index >= 15 is 0 Å². The van der Waals surface area contributed by atoms with Crippen LogP contribution in [0, 0.1) is 0 Å². The number of guanidine groups is 1. The van der Waals surface area contributed by atoms with Crippen LogP contribution in [0.15, 0.2) is 4.99 Å². The first-order chi connectivity index (χ1) is 10.2. The lowest BCUT2D eigenvalue weighted by Crippen LogP contribution is -2.57. The fraction of sp³-hybridized carbons (Fsp3) is 0.933. The van der Waals surface area contributed by atoms with Gasteiger partial charge >= 0.3 is 0 Å². The van der Waals surface area contributed by atoms with E-state index in [1.165, 1.54) is 0 Å². The molecule has 23 heavy (non-hydrogen) atoms. The summed E-state index contributed by atoms with van der Waals surface area (Å²) in [5, 5.41) is 3.26. The van der Waals surface area contributed by atoms with Gasteiger partial charge in [-0.05, 0) is 41.0 Å². The molecule has 1 N–H and O–H groups in total. The Balaban J connectivity index is 0.00000484. The lowest BCUT2D eigenvalue weighted by Gasteiger charge is -2.39. The van der Waals surface area contributed by atoms with Crippen molar-refractivity contribution in [3.8, 4) is 0 Å². The number of halogens is 1. The van der Waals surface area contributed by atoms with E-state index in [1.54, 1.807) is 13.8 Å². The molecule has 6 nitrogen and oxygen atoms in total. The number of nitrogens with zero attached hydrogens (tertiary/aromatic N) is 2. The van der Waals surface area contributed by atoms with Crippen LogP contribution >= 0.6 is 24.0 Å². The molecule has 138 valence electrons. The normalized spacial score (nSPS) is 20.3. The summed E-state index contributed by atoms with van der Waals surface area (Å²) in [7, 11) is -3.03. The molecule has 1 fully saturated rings. The van der Waals surface area contributed by atoms with Gasteiger partial charge in [-0.3, -0.25) is 4.99 Å². The van der Waals surface area contributed by atoms with E-state index in [0.29, 0.717) is 26.2 Å². The highest BCUT2D eigenvalue weighted by Crippen LogP contribution is 2.23.